The van der Waals surface area contributed by atoms with Crippen molar-refractivity contribution in [1.82, 2.24) is 0 Å². The molecule has 102 valence electrons. The summed E-state index contributed by atoms with van der Waals surface area (Å²) in [5.74, 6) is -0.249. The van der Waals surface area contributed by atoms with Crippen LogP contribution in [0.15, 0.2) is 48.5 Å². The maximum Gasteiger partial charge on any atom is 0.260 e. The topological polar surface area (TPSA) is 40.5 Å². The normalized spacial score (nSPS) is 15.0. The summed E-state index contributed by atoms with van der Waals surface area (Å²) >= 11 is 0. The fourth-order valence-corrected chi connectivity index (χ4v) is 2.76. The van der Waals surface area contributed by atoms with Crippen molar-refractivity contribution in [3.8, 4) is 0 Å². The lowest BCUT2D eigenvalue weighted by Crippen LogP contribution is -2.33. The number of hydrogen-bond acceptors (Lipinski definition) is 2. The number of rotatable bonds is 2. The molecule has 0 spiro atoms. The third-order valence-corrected chi connectivity index (χ3v) is 3.88. The molecule has 0 fully saturated rings. The zero-order valence-electron chi connectivity index (χ0n) is 11.4. The van der Waals surface area contributed by atoms with Gasteiger partial charge in [0, 0.05) is 12.2 Å². The first-order valence-corrected chi connectivity index (χ1v) is 6.81. The molecule has 3 rings (SSSR count). The lowest BCUT2D eigenvalue weighted by Gasteiger charge is -2.21. The highest BCUT2D eigenvalue weighted by molar-refractivity contribution is 5.99. The van der Waals surface area contributed by atoms with Crippen LogP contribution in [0.3, 0.4) is 0 Å². The van der Waals surface area contributed by atoms with Gasteiger partial charge in [-0.15, -0.1) is 0 Å². The van der Waals surface area contributed by atoms with Gasteiger partial charge in [-0.25, -0.2) is 0 Å². The molecule has 0 saturated carbocycles. The van der Waals surface area contributed by atoms with Gasteiger partial charge < -0.3 is 10.0 Å². The Morgan fingerprint density at radius 2 is 1.90 bits per heavy atom. The van der Waals surface area contributed by atoms with Gasteiger partial charge in [0.2, 0.25) is 0 Å². The average molecular weight is 267 g/mol. The molecule has 0 aliphatic carbocycles. The number of carbonyl (C=O) groups is 1. The van der Waals surface area contributed by atoms with Crippen LogP contribution in [0.2, 0.25) is 0 Å². The molecule has 2 aromatic carbocycles. The smallest absolute Gasteiger partial charge is 0.260 e. The summed E-state index contributed by atoms with van der Waals surface area (Å²) in [6.07, 6.45) is -0.238. The molecule has 0 bridgehead atoms. The zero-order valence-corrected chi connectivity index (χ0v) is 11.4. The molecule has 3 nitrogen and oxygen atoms in total. The van der Waals surface area contributed by atoms with Crippen molar-refractivity contribution in [1.29, 1.82) is 0 Å². The maximum atomic E-state index is 12.5. The molecular weight excluding hydrogens is 250 g/mol. The summed E-state index contributed by atoms with van der Waals surface area (Å²) in [7, 11) is 0. The summed E-state index contributed by atoms with van der Waals surface area (Å²) in [6, 6.07) is 15.0. The Bertz CT molecular complexity index is 637. The van der Waals surface area contributed by atoms with E-state index in [9.17, 15) is 9.90 Å². The molecule has 0 aromatic heterocycles. The monoisotopic (exact) mass is 267 g/mol. The predicted octanol–water partition coefficient (Wildman–Crippen LogP) is 2.62. The molecule has 1 atom stereocenters. The van der Waals surface area contributed by atoms with Gasteiger partial charge in [0.15, 0.2) is 6.10 Å². The van der Waals surface area contributed by atoms with Crippen molar-refractivity contribution in [2.75, 3.05) is 11.4 Å². The molecule has 1 N–H and O–H groups in total. The van der Waals surface area contributed by atoms with Crippen LogP contribution in [0.5, 0.6) is 0 Å². The third kappa shape index (κ3) is 2.10. The minimum Gasteiger partial charge on any atom is -0.378 e. The Kier molecular flexibility index (Phi) is 3.28. The Hall–Kier alpha value is -2.13. The van der Waals surface area contributed by atoms with Gasteiger partial charge in [0.1, 0.15) is 0 Å². The highest BCUT2D eigenvalue weighted by Crippen LogP contribution is 2.32. The molecular formula is C17H17NO2. The summed E-state index contributed by atoms with van der Waals surface area (Å²) < 4.78 is 0. The number of carbonyl (C=O) groups excluding carboxylic acids is 1. The number of hydrogen-bond donors (Lipinski definition) is 1. The molecule has 1 amide bonds. The van der Waals surface area contributed by atoms with E-state index < -0.39 is 6.10 Å². The van der Waals surface area contributed by atoms with E-state index in [0.717, 1.165) is 12.1 Å². The number of aryl methyl sites for hydroxylation is 1. The van der Waals surface area contributed by atoms with Crippen molar-refractivity contribution >= 4 is 11.6 Å². The summed E-state index contributed by atoms with van der Waals surface area (Å²) in [4.78, 5) is 14.2. The van der Waals surface area contributed by atoms with Crippen LogP contribution in [0.4, 0.5) is 5.69 Å². The second kappa shape index (κ2) is 5.10. The highest BCUT2D eigenvalue weighted by Gasteiger charge is 2.30. The number of amides is 1. The number of aliphatic hydroxyl groups excluding tert-OH is 1. The van der Waals surface area contributed by atoms with E-state index in [1.54, 1.807) is 17.0 Å². The molecule has 0 saturated heterocycles. The SMILES string of the molecule is Cc1cccc2c1CCN2C(=O)C(O)c1ccccc1. The Labute approximate surface area is 118 Å². The van der Waals surface area contributed by atoms with Crippen LogP contribution < -0.4 is 4.90 Å². The molecule has 3 heteroatoms. The first kappa shape index (κ1) is 12.9. The molecule has 1 heterocycles. The second-order valence-corrected chi connectivity index (χ2v) is 5.13. The van der Waals surface area contributed by atoms with E-state index in [4.69, 9.17) is 0 Å². The van der Waals surface area contributed by atoms with Gasteiger partial charge in [0.25, 0.3) is 5.91 Å². The van der Waals surface area contributed by atoms with Crippen LogP contribution in [0.25, 0.3) is 0 Å². The summed E-state index contributed by atoms with van der Waals surface area (Å²) in [6.45, 7) is 2.70. The minimum absolute atomic E-state index is 0.249. The van der Waals surface area contributed by atoms with E-state index >= 15 is 0 Å². The van der Waals surface area contributed by atoms with E-state index in [2.05, 4.69) is 13.0 Å². The van der Waals surface area contributed by atoms with Crippen LogP contribution in [-0.2, 0) is 11.2 Å². The van der Waals surface area contributed by atoms with E-state index in [0.29, 0.717) is 12.1 Å². The standard InChI is InChI=1S/C17H17NO2/c1-12-6-5-9-15-14(12)10-11-18(15)17(20)16(19)13-7-3-2-4-8-13/h2-9,16,19H,10-11H2,1H3. The van der Waals surface area contributed by atoms with Crippen LogP contribution in [0, 0.1) is 6.92 Å². The second-order valence-electron chi connectivity index (χ2n) is 5.13. The third-order valence-electron chi connectivity index (χ3n) is 3.88. The minimum atomic E-state index is -1.09. The largest absolute Gasteiger partial charge is 0.378 e. The average Bonchev–Trinajstić information content (AvgIpc) is 2.92. The van der Waals surface area contributed by atoms with E-state index in [1.165, 1.54) is 11.1 Å². The van der Waals surface area contributed by atoms with Gasteiger partial charge in [-0.3, -0.25) is 4.79 Å². The van der Waals surface area contributed by atoms with Crippen molar-refractivity contribution in [2.45, 2.75) is 19.4 Å². The van der Waals surface area contributed by atoms with Crippen LogP contribution >= 0.6 is 0 Å². The van der Waals surface area contributed by atoms with Gasteiger partial charge in [0.05, 0.1) is 0 Å². The van der Waals surface area contributed by atoms with E-state index in [-0.39, 0.29) is 5.91 Å². The number of aliphatic hydroxyl groups is 1. The fourth-order valence-electron chi connectivity index (χ4n) is 2.76. The van der Waals surface area contributed by atoms with Crippen molar-refractivity contribution in [2.24, 2.45) is 0 Å². The fraction of sp³-hybridized carbons (Fsp3) is 0.235. The Morgan fingerprint density at radius 3 is 2.65 bits per heavy atom. The van der Waals surface area contributed by atoms with Gasteiger partial charge in [-0.2, -0.15) is 0 Å². The number of nitrogens with zero attached hydrogens (tertiary/aromatic N) is 1. The molecule has 0 radical (unpaired) electrons. The van der Waals surface area contributed by atoms with Crippen molar-refractivity contribution in [3.05, 3.63) is 65.2 Å². The quantitative estimate of drug-likeness (QED) is 0.908. The molecule has 1 unspecified atom stereocenters. The van der Waals surface area contributed by atoms with Gasteiger partial charge in [-0.1, -0.05) is 42.5 Å². The number of benzene rings is 2. The lowest BCUT2D eigenvalue weighted by molar-refractivity contribution is -0.126. The zero-order chi connectivity index (χ0) is 14.1. The van der Waals surface area contributed by atoms with Crippen LogP contribution in [0.1, 0.15) is 22.8 Å². The molecule has 1 aliphatic heterocycles. The number of fused-ring (bicyclic) bond motifs is 1. The number of anilines is 1. The Balaban J connectivity index is 1.89. The van der Waals surface area contributed by atoms with Gasteiger partial charge >= 0.3 is 0 Å². The molecule has 1 aliphatic rings. The van der Waals surface area contributed by atoms with Gasteiger partial charge in [-0.05, 0) is 36.1 Å². The first-order valence-electron chi connectivity index (χ1n) is 6.81. The van der Waals surface area contributed by atoms with Crippen LogP contribution in [-0.4, -0.2) is 17.6 Å². The highest BCUT2D eigenvalue weighted by atomic mass is 16.3. The molecule has 2 aromatic rings. The van der Waals surface area contributed by atoms with Crippen molar-refractivity contribution < 1.29 is 9.90 Å². The maximum absolute atomic E-state index is 12.5. The Morgan fingerprint density at radius 1 is 1.15 bits per heavy atom. The molecule has 20 heavy (non-hydrogen) atoms. The van der Waals surface area contributed by atoms with Crippen molar-refractivity contribution in [3.63, 3.8) is 0 Å². The first-order chi connectivity index (χ1) is 9.68. The summed E-state index contributed by atoms with van der Waals surface area (Å²) in [5, 5.41) is 10.3. The lowest BCUT2D eigenvalue weighted by atomic mass is 10.1. The predicted molar refractivity (Wildman–Crippen MR) is 78.6 cm³/mol. The summed E-state index contributed by atoms with van der Waals surface area (Å²) in [5.41, 5.74) is 3.98. The van der Waals surface area contributed by atoms with E-state index in [1.807, 2.05) is 30.3 Å².